The minimum Gasteiger partial charge on any atom is -0.353 e. The Morgan fingerprint density at radius 3 is 3.00 bits per heavy atom. The van der Waals surface area contributed by atoms with E-state index in [-0.39, 0.29) is 5.91 Å². The Morgan fingerprint density at radius 1 is 1.45 bits per heavy atom. The van der Waals surface area contributed by atoms with Gasteiger partial charge in [0, 0.05) is 12.2 Å². The first-order valence-electron chi connectivity index (χ1n) is 7.53. The van der Waals surface area contributed by atoms with Crippen LogP contribution in [0.2, 0.25) is 5.02 Å². The van der Waals surface area contributed by atoms with Crippen molar-refractivity contribution in [1.82, 2.24) is 20.3 Å². The Morgan fingerprint density at radius 2 is 2.23 bits per heavy atom. The fourth-order valence-electron chi connectivity index (χ4n) is 2.73. The molecule has 2 heterocycles. The van der Waals surface area contributed by atoms with Gasteiger partial charge in [0.05, 0.1) is 16.3 Å². The number of pyridine rings is 1. The molecule has 7 heteroatoms. The predicted octanol–water partition coefficient (Wildman–Crippen LogP) is 3.40. The van der Waals surface area contributed by atoms with E-state index in [1.54, 1.807) is 12.3 Å². The molecule has 1 saturated carbocycles. The Labute approximate surface area is 138 Å². The first-order valence-corrected chi connectivity index (χ1v) is 8.90. The zero-order valence-electron chi connectivity index (χ0n) is 12.4. The number of amides is 1. The van der Waals surface area contributed by atoms with Crippen molar-refractivity contribution in [2.24, 2.45) is 5.92 Å². The van der Waals surface area contributed by atoms with Crippen LogP contribution in [0.3, 0.4) is 0 Å². The van der Waals surface area contributed by atoms with Gasteiger partial charge >= 0.3 is 0 Å². The number of fused-ring (bicyclic) bond motifs is 1. The Kier molecular flexibility index (Phi) is 4.88. The number of aromatic nitrogens is 3. The maximum Gasteiger partial charge on any atom is 0.230 e. The van der Waals surface area contributed by atoms with E-state index in [2.05, 4.69) is 27.2 Å². The molecular weight excluding hydrogens is 320 g/mol. The first kappa shape index (κ1) is 15.6. The molecule has 3 rings (SSSR count). The van der Waals surface area contributed by atoms with Crippen molar-refractivity contribution in [3.63, 3.8) is 0 Å². The summed E-state index contributed by atoms with van der Waals surface area (Å²) in [4.78, 5) is 23.6. The van der Waals surface area contributed by atoms with E-state index in [9.17, 15) is 4.79 Å². The lowest BCUT2D eigenvalue weighted by Gasteiger charge is -2.26. The molecule has 0 radical (unpaired) electrons. The molecule has 0 aliphatic heterocycles. The number of aromatic amines is 1. The average molecular weight is 339 g/mol. The molecule has 118 valence electrons. The summed E-state index contributed by atoms with van der Waals surface area (Å²) in [5, 5.41) is 4.37. The average Bonchev–Trinajstić information content (AvgIpc) is 2.89. The third-order valence-corrected chi connectivity index (χ3v) is 5.08. The molecule has 2 aromatic heterocycles. The van der Waals surface area contributed by atoms with Crippen molar-refractivity contribution in [3.05, 3.63) is 17.3 Å². The second-order valence-electron chi connectivity index (χ2n) is 5.88. The van der Waals surface area contributed by atoms with Gasteiger partial charge in [0.15, 0.2) is 10.8 Å². The molecule has 2 N–H and O–H groups in total. The van der Waals surface area contributed by atoms with Crippen LogP contribution < -0.4 is 5.32 Å². The van der Waals surface area contributed by atoms with Crippen molar-refractivity contribution in [2.45, 2.75) is 43.8 Å². The van der Waals surface area contributed by atoms with Gasteiger partial charge in [-0.15, -0.1) is 0 Å². The second kappa shape index (κ2) is 6.87. The normalized spacial score (nSPS) is 21.9. The van der Waals surface area contributed by atoms with Crippen LogP contribution in [-0.2, 0) is 4.79 Å². The van der Waals surface area contributed by atoms with Crippen LogP contribution in [0.25, 0.3) is 11.2 Å². The van der Waals surface area contributed by atoms with Crippen LogP contribution in [0.1, 0.15) is 32.6 Å². The molecule has 0 aromatic carbocycles. The second-order valence-corrected chi connectivity index (χ2v) is 7.28. The standard InChI is InChI=1S/C15H19ClN4OS/c1-9-2-4-11(5-3-9)18-13(21)8-22-15-19-12-6-10(16)7-17-14(12)20-15/h6-7,9,11H,2-5,8H2,1H3,(H,18,21)(H,17,19,20). The third kappa shape index (κ3) is 3.93. The molecule has 0 saturated heterocycles. The Balaban J connectivity index is 1.51. The number of hydrogen-bond acceptors (Lipinski definition) is 4. The van der Waals surface area contributed by atoms with Gasteiger partial charge in [-0.3, -0.25) is 4.79 Å². The van der Waals surface area contributed by atoms with Gasteiger partial charge < -0.3 is 10.3 Å². The highest BCUT2D eigenvalue weighted by molar-refractivity contribution is 7.99. The number of hydrogen-bond donors (Lipinski definition) is 2. The number of halogens is 1. The van der Waals surface area contributed by atoms with Gasteiger partial charge in [0.2, 0.25) is 5.91 Å². The molecule has 22 heavy (non-hydrogen) atoms. The minimum atomic E-state index is 0.0657. The fraction of sp³-hybridized carbons (Fsp3) is 0.533. The van der Waals surface area contributed by atoms with Crippen LogP contribution in [0.4, 0.5) is 0 Å². The quantitative estimate of drug-likeness (QED) is 0.838. The molecule has 5 nitrogen and oxygen atoms in total. The number of rotatable bonds is 4. The summed E-state index contributed by atoms with van der Waals surface area (Å²) in [6.07, 6.45) is 6.15. The lowest BCUT2D eigenvalue weighted by molar-refractivity contribution is -0.119. The highest BCUT2D eigenvalue weighted by Gasteiger charge is 2.19. The number of thioether (sulfide) groups is 1. The van der Waals surface area contributed by atoms with E-state index in [0.717, 1.165) is 24.3 Å². The van der Waals surface area contributed by atoms with Crippen LogP contribution in [0.15, 0.2) is 17.4 Å². The van der Waals surface area contributed by atoms with E-state index in [4.69, 9.17) is 11.6 Å². The Hall–Kier alpha value is -1.27. The minimum absolute atomic E-state index is 0.0657. The van der Waals surface area contributed by atoms with Crippen molar-refractivity contribution in [3.8, 4) is 0 Å². The van der Waals surface area contributed by atoms with E-state index in [0.29, 0.717) is 27.6 Å². The third-order valence-electron chi connectivity index (χ3n) is 4.00. The zero-order chi connectivity index (χ0) is 15.5. The van der Waals surface area contributed by atoms with E-state index < -0.39 is 0 Å². The van der Waals surface area contributed by atoms with Crippen LogP contribution >= 0.6 is 23.4 Å². The van der Waals surface area contributed by atoms with Gasteiger partial charge in [0.1, 0.15) is 0 Å². The zero-order valence-corrected chi connectivity index (χ0v) is 14.0. The monoisotopic (exact) mass is 338 g/mol. The van der Waals surface area contributed by atoms with E-state index in [1.165, 1.54) is 24.6 Å². The van der Waals surface area contributed by atoms with Gasteiger partial charge in [-0.1, -0.05) is 30.3 Å². The molecule has 1 amide bonds. The number of carbonyl (C=O) groups excluding carboxylic acids is 1. The Bertz CT molecular complexity index is 667. The maximum absolute atomic E-state index is 12.0. The van der Waals surface area contributed by atoms with E-state index >= 15 is 0 Å². The lowest BCUT2D eigenvalue weighted by atomic mass is 9.87. The number of nitrogens with zero attached hydrogens (tertiary/aromatic N) is 2. The number of imidazole rings is 1. The summed E-state index contributed by atoms with van der Waals surface area (Å²) in [5.41, 5.74) is 1.41. The van der Waals surface area contributed by atoms with Crippen LogP contribution in [-0.4, -0.2) is 32.7 Å². The summed E-state index contributed by atoms with van der Waals surface area (Å²) in [6.45, 7) is 2.27. The predicted molar refractivity (Wildman–Crippen MR) is 89.2 cm³/mol. The molecule has 0 spiro atoms. The van der Waals surface area contributed by atoms with Crippen molar-refractivity contribution >= 4 is 40.4 Å². The van der Waals surface area contributed by atoms with Crippen LogP contribution in [0, 0.1) is 5.92 Å². The summed E-state index contributed by atoms with van der Waals surface area (Å²) in [6, 6.07) is 2.12. The lowest BCUT2D eigenvalue weighted by Crippen LogP contribution is -2.38. The van der Waals surface area contributed by atoms with Crippen LogP contribution in [0.5, 0.6) is 0 Å². The SMILES string of the molecule is CC1CCC(NC(=O)CSc2nc3ncc(Cl)cc3[nH]2)CC1. The largest absolute Gasteiger partial charge is 0.353 e. The first-order chi connectivity index (χ1) is 10.6. The van der Waals surface area contributed by atoms with Gasteiger partial charge in [-0.2, -0.15) is 0 Å². The number of carbonyl (C=O) groups is 1. The summed E-state index contributed by atoms with van der Waals surface area (Å²) in [7, 11) is 0. The molecule has 1 aliphatic rings. The van der Waals surface area contributed by atoms with E-state index in [1.807, 2.05) is 0 Å². The number of nitrogens with one attached hydrogen (secondary N) is 2. The topological polar surface area (TPSA) is 70.7 Å². The molecule has 1 fully saturated rings. The van der Waals surface area contributed by atoms with Gasteiger partial charge in [-0.25, -0.2) is 9.97 Å². The fourth-order valence-corrected chi connectivity index (χ4v) is 3.57. The van der Waals surface area contributed by atoms with Gasteiger partial charge in [0.25, 0.3) is 0 Å². The van der Waals surface area contributed by atoms with Crippen molar-refractivity contribution in [1.29, 1.82) is 0 Å². The van der Waals surface area contributed by atoms with Gasteiger partial charge in [-0.05, 0) is 37.7 Å². The number of H-pyrrole nitrogens is 1. The molecular formula is C15H19ClN4OS. The molecule has 0 atom stereocenters. The highest BCUT2D eigenvalue weighted by Crippen LogP contribution is 2.24. The highest BCUT2D eigenvalue weighted by atomic mass is 35.5. The maximum atomic E-state index is 12.0. The summed E-state index contributed by atoms with van der Waals surface area (Å²) in [5.74, 6) is 1.22. The molecule has 1 aliphatic carbocycles. The molecule has 2 aromatic rings. The summed E-state index contributed by atoms with van der Waals surface area (Å²) >= 11 is 7.28. The summed E-state index contributed by atoms with van der Waals surface area (Å²) < 4.78 is 0. The smallest absolute Gasteiger partial charge is 0.230 e. The van der Waals surface area contributed by atoms with Crippen molar-refractivity contribution < 1.29 is 4.79 Å². The van der Waals surface area contributed by atoms with Crippen molar-refractivity contribution in [2.75, 3.05) is 5.75 Å². The molecule has 0 unspecified atom stereocenters. The molecule has 0 bridgehead atoms.